The van der Waals surface area contributed by atoms with Gasteiger partial charge < -0.3 is 20.6 Å². The van der Waals surface area contributed by atoms with Crippen molar-refractivity contribution < 1.29 is 13.7 Å². The summed E-state index contributed by atoms with van der Waals surface area (Å²) in [5, 5.41) is 19.8. The SMILES string of the molecule is CC(C)c1cccc2c(N3CC[C@H]3CS(=O)CC3CC3)nc(Nc3ccnc(C4(O)CCNCC4(C)F)n3)cc12. The fraction of sp³-hybridized carbons (Fsp3) is 0.567. The third kappa shape index (κ3) is 5.21. The van der Waals surface area contributed by atoms with Crippen LogP contribution in [-0.4, -0.2) is 67.1 Å². The summed E-state index contributed by atoms with van der Waals surface area (Å²) in [6, 6.07) is 10.3. The number of halogens is 1. The average Bonchev–Trinajstić information content (AvgIpc) is 3.72. The van der Waals surface area contributed by atoms with Crippen LogP contribution in [0, 0.1) is 5.92 Å². The van der Waals surface area contributed by atoms with Crippen LogP contribution < -0.4 is 15.5 Å². The van der Waals surface area contributed by atoms with Crippen LogP contribution in [0.15, 0.2) is 36.5 Å². The van der Waals surface area contributed by atoms with Gasteiger partial charge in [-0.25, -0.2) is 19.3 Å². The number of aromatic nitrogens is 3. The summed E-state index contributed by atoms with van der Waals surface area (Å²) in [6.45, 7) is 7.12. The number of nitrogens with zero attached hydrogens (tertiary/aromatic N) is 4. The molecule has 2 aromatic heterocycles. The van der Waals surface area contributed by atoms with Crippen molar-refractivity contribution >= 4 is 39.0 Å². The van der Waals surface area contributed by atoms with Gasteiger partial charge in [0.05, 0.1) is 0 Å². The normalized spacial score (nSPS) is 27.6. The van der Waals surface area contributed by atoms with E-state index in [2.05, 4.69) is 57.5 Å². The van der Waals surface area contributed by atoms with Crippen molar-refractivity contribution in [2.24, 2.45) is 5.92 Å². The van der Waals surface area contributed by atoms with Crippen LogP contribution in [-0.2, 0) is 16.4 Å². The van der Waals surface area contributed by atoms with Crippen molar-refractivity contribution in [3.05, 3.63) is 47.9 Å². The van der Waals surface area contributed by atoms with E-state index in [0.717, 1.165) is 35.3 Å². The summed E-state index contributed by atoms with van der Waals surface area (Å²) < 4.78 is 28.2. The van der Waals surface area contributed by atoms with Crippen LogP contribution in [0.4, 0.5) is 21.8 Å². The Bertz CT molecular complexity index is 1430. The van der Waals surface area contributed by atoms with E-state index in [9.17, 15) is 9.32 Å². The molecule has 3 aromatic rings. The Balaban J connectivity index is 1.34. The van der Waals surface area contributed by atoms with Crippen molar-refractivity contribution in [1.29, 1.82) is 0 Å². The molecule has 40 heavy (non-hydrogen) atoms. The number of anilines is 3. The number of aliphatic hydroxyl groups is 1. The third-order valence-corrected chi connectivity index (χ3v) is 10.3. The largest absolute Gasteiger partial charge is 0.378 e. The first kappa shape index (κ1) is 27.5. The molecular weight excluding hydrogens is 527 g/mol. The molecule has 2 aliphatic heterocycles. The molecule has 3 unspecified atom stereocenters. The number of piperidine rings is 1. The molecule has 3 fully saturated rings. The highest BCUT2D eigenvalue weighted by Crippen LogP contribution is 2.40. The van der Waals surface area contributed by atoms with Gasteiger partial charge in [0.25, 0.3) is 0 Å². The van der Waals surface area contributed by atoms with Crippen molar-refractivity contribution in [3.8, 4) is 0 Å². The summed E-state index contributed by atoms with van der Waals surface area (Å²) in [5.74, 6) is 4.44. The van der Waals surface area contributed by atoms with Crippen LogP contribution in [0.2, 0.25) is 0 Å². The predicted octanol–water partition coefficient (Wildman–Crippen LogP) is 4.54. The molecule has 0 radical (unpaired) electrons. The second-order valence-electron chi connectivity index (χ2n) is 12.2. The molecule has 1 aliphatic carbocycles. The number of alkyl halides is 1. The van der Waals surface area contributed by atoms with E-state index in [1.807, 2.05) is 6.07 Å². The lowest BCUT2D eigenvalue weighted by Gasteiger charge is -2.42. The molecule has 214 valence electrons. The second kappa shape index (κ2) is 10.6. The molecule has 4 heterocycles. The lowest BCUT2D eigenvalue weighted by molar-refractivity contribution is -0.124. The van der Waals surface area contributed by atoms with Crippen molar-refractivity contribution in [3.63, 3.8) is 0 Å². The Morgan fingerprint density at radius 3 is 2.70 bits per heavy atom. The van der Waals surface area contributed by atoms with E-state index >= 15 is 4.39 Å². The third-order valence-electron chi connectivity index (χ3n) is 8.69. The molecule has 2 saturated heterocycles. The molecule has 0 bridgehead atoms. The highest BCUT2D eigenvalue weighted by atomic mass is 32.2. The Morgan fingerprint density at radius 2 is 2.00 bits per heavy atom. The minimum atomic E-state index is -1.91. The van der Waals surface area contributed by atoms with Gasteiger partial charge in [-0.15, -0.1) is 0 Å². The maximum absolute atomic E-state index is 15.4. The highest BCUT2D eigenvalue weighted by Gasteiger charge is 2.53. The first-order valence-electron chi connectivity index (χ1n) is 14.4. The molecular formula is C30H39FN6O2S. The van der Waals surface area contributed by atoms with Gasteiger partial charge in [0.2, 0.25) is 0 Å². The molecule has 10 heteroatoms. The first-order chi connectivity index (χ1) is 19.1. The number of pyridine rings is 1. The zero-order chi connectivity index (χ0) is 28.1. The Kier molecular flexibility index (Phi) is 7.29. The van der Waals surface area contributed by atoms with Crippen LogP contribution >= 0.6 is 0 Å². The first-order valence-corrected chi connectivity index (χ1v) is 15.9. The van der Waals surface area contributed by atoms with Crippen LogP contribution in [0.3, 0.4) is 0 Å². The van der Waals surface area contributed by atoms with E-state index in [0.29, 0.717) is 35.8 Å². The van der Waals surface area contributed by atoms with Gasteiger partial charge in [-0.2, -0.15) is 0 Å². The average molecular weight is 567 g/mol. The molecule has 3 aliphatic rings. The Hall–Kier alpha value is -2.69. The number of hydrogen-bond acceptors (Lipinski definition) is 8. The zero-order valence-corrected chi connectivity index (χ0v) is 24.3. The Morgan fingerprint density at radius 1 is 1.18 bits per heavy atom. The van der Waals surface area contributed by atoms with E-state index < -0.39 is 22.1 Å². The minimum absolute atomic E-state index is 0.0283. The van der Waals surface area contributed by atoms with Gasteiger partial charge in [-0.3, -0.25) is 4.21 Å². The molecule has 0 spiro atoms. The van der Waals surface area contributed by atoms with Gasteiger partial charge in [0, 0.05) is 53.0 Å². The Labute approximate surface area is 237 Å². The van der Waals surface area contributed by atoms with Gasteiger partial charge in [-0.1, -0.05) is 32.0 Å². The standard InChI is InChI=1S/C30H39FN6O2S/c1-19(2)22-5-4-6-23-24(22)15-26(35-27(23)37-14-10-21(37)17-40(39)16-20-7-8-20)34-25-9-12-33-28(36-25)30(38)11-13-32-18-29(30,3)31/h4-6,9,12,15,19-21,32,38H,7-8,10-11,13-14,16-18H2,1-3H3,(H,33,34,35,36)/t21-,29?,30?,40?/m0/s1. The smallest absolute Gasteiger partial charge is 0.165 e. The highest BCUT2D eigenvalue weighted by molar-refractivity contribution is 7.85. The molecule has 8 nitrogen and oxygen atoms in total. The van der Waals surface area contributed by atoms with Crippen molar-refractivity contribution in [2.45, 2.75) is 69.7 Å². The van der Waals surface area contributed by atoms with E-state index in [4.69, 9.17) is 4.98 Å². The predicted molar refractivity (Wildman–Crippen MR) is 158 cm³/mol. The number of hydrogen-bond donors (Lipinski definition) is 3. The molecule has 4 atom stereocenters. The molecule has 1 saturated carbocycles. The topological polar surface area (TPSA) is 103 Å². The monoisotopic (exact) mass is 566 g/mol. The fourth-order valence-corrected chi connectivity index (χ4v) is 7.67. The summed E-state index contributed by atoms with van der Waals surface area (Å²) in [4.78, 5) is 16.2. The number of fused-ring (bicyclic) bond motifs is 1. The van der Waals surface area contributed by atoms with Crippen molar-refractivity contribution in [1.82, 2.24) is 20.3 Å². The molecule has 1 aromatic carbocycles. The summed E-state index contributed by atoms with van der Waals surface area (Å²) >= 11 is 0. The second-order valence-corrected chi connectivity index (χ2v) is 13.7. The van der Waals surface area contributed by atoms with Crippen LogP contribution in [0.1, 0.15) is 63.8 Å². The molecule has 3 N–H and O–H groups in total. The molecule has 6 rings (SSSR count). The van der Waals surface area contributed by atoms with Crippen LogP contribution in [0.5, 0.6) is 0 Å². The fourth-order valence-electron chi connectivity index (χ4n) is 5.89. The lowest BCUT2D eigenvalue weighted by Crippen LogP contribution is -2.58. The van der Waals surface area contributed by atoms with Gasteiger partial charge in [-0.05, 0) is 74.1 Å². The van der Waals surface area contributed by atoms with E-state index in [-0.39, 0.29) is 24.8 Å². The van der Waals surface area contributed by atoms with Gasteiger partial charge in [0.1, 0.15) is 17.5 Å². The number of benzene rings is 1. The maximum atomic E-state index is 15.4. The van der Waals surface area contributed by atoms with Crippen LogP contribution in [0.25, 0.3) is 10.8 Å². The quantitative estimate of drug-likeness (QED) is 0.347. The summed E-state index contributed by atoms with van der Waals surface area (Å²) in [7, 11) is -0.820. The van der Waals surface area contributed by atoms with Gasteiger partial charge >= 0.3 is 0 Å². The summed E-state index contributed by atoms with van der Waals surface area (Å²) in [6.07, 6.45) is 5.15. The van der Waals surface area contributed by atoms with E-state index in [1.165, 1.54) is 25.3 Å². The van der Waals surface area contributed by atoms with Gasteiger partial charge in [0.15, 0.2) is 17.1 Å². The zero-order valence-electron chi connectivity index (χ0n) is 23.5. The number of nitrogens with one attached hydrogen (secondary N) is 2. The van der Waals surface area contributed by atoms with Crippen molar-refractivity contribution in [2.75, 3.05) is 41.4 Å². The molecule has 0 amide bonds. The number of rotatable bonds is 9. The lowest BCUT2D eigenvalue weighted by atomic mass is 9.79. The maximum Gasteiger partial charge on any atom is 0.165 e. The summed E-state index contributed by atoms with van der Waals surface area (Å²) in [5.41, 5.74) is -2.47. The minimum Gasteiger partial charge on any atom is -0.378 e. The van der Waals surface area contributed by atoms with E-state index in [1.54, 1.807) is 12.3 Å².